The first-order valence-electron chi connectivity index (χ1n) is 5.14. The van der Waals surface area contributed by atoms with Crippen LogP contribution in [0.5, 0.6) is 0 Å². The second-order valence-electron chi connectivity index (χ2n) is 3.34. The molecule has 0 radical (unpaired) electrons. The minimum Gasteiger partial charge on any atom is -0.466 e. The van der Waals surface area contributed by atoms with Crippen LogP contribution in [0.15, 0.2) is 24.3 Å². The van der Waals surface area contributed by atoms with E-state index in [4.69, 9.17) is 0 Å². The number of carbonyl (C=O) groups excluding carboxylic acids is 2. The van der Waals surface area contributed by atoms with Gasteiger partial charge in [-0.15, -0.1) is 0 Å². The average molecular weight is 221 g/mol. The van der Waals surface area contributed by atoms with Crippen LogP contribution < -0.4 is 5.32 Å². The van der Waals surface area contributed by atoms with E-state index in [-0.39, 0.29) is 18.9 Å². The topological polar surface area (TPSA) is 55.4 Å². The van der Waals surface area contributed by atoms with E-state index in [1.165, 1.54) is 0 Å². The summed E-state index contributed by atoms with van der Waals surface area (Å²) >= 11 is 0. The summed E-state index contributed by atoms with van der Waals surface area (Å²) in [6.07, 6.45) is -0.248. The first-order chi connectivity index (χ1) is 7.63. The number of carbonyl (C=O) groups is 2. The van der Waals surface area contributed by atoms with Crippen molar-refractivity contribution in [3.8, 4) is 0 Å². The summed E-state index contributed by atoms with van der Waals surface area (Å²) in [5.74, 6) is -0.860. The molecular formula is C12H15NO3. The molecule has 4 nitrogen and oxygen atoms in total. The molecular weight excluding hydrogens is 206 g/mol. The smallest absolute Gasteiger partial charge is 0.315 e. The molecule has 0 aliphatic heterocycles. The second kappa shape index (κ2) is 5.90. The van der Waals surface area contributed by atoms with Crippen LogP contribution in [-0.4, -0.2) is 18.5 Å². The van der Waals surface area contributed by atoms with Gasteiger partial charge < -0.3 is 10.1 Å². The zero-order chi connectivity index (χ0) is 12.0. The number of nitrogens with one attached hydrogen (secondary N) is 1. The molecule has 4 heteroatoms. The van der Waals surface area contributed by atoms with Gasteiger partial charge in [-0.1, -0.05) is 18.2 Å². The van der Waals surface area contributed by atoms with Crippen LogP contribution in [0.2, 0.25) is 0 Å². The standard InChI is InChI=1S/C12H15NO3/c1-3-16-12(15)8-11(14)13-10-7-5-4-6-9(10)2/h4-7H,3,8H2,1-2H3,(H,13,14). The molecule has 0 bridgehead atoms. The molecule has 1 amide bonds. The number of benzene rings is 1. The Morgan fingerprint density at radius 1 is 1.31 bits per heavy atom. The minimum absolute atomic E-state index is 0.248. The molecule has 0 heterocycles. The Hall–Kier alpha value is -1.84. The highest BCUT2D eigenvalue weighted by Crippen LogP contribution is 2.13. The van der Waals surface area contributed by atoms with Crippen LogP contribution in [0.3, 0.4) is 0 Å². The largest absolute Gasteiger partial charge is 0.466 e. The van der Waals surface area contributed by atoms with E-state index in [1.807, 2.05) is 25.1 Å². The third kappa shape index (κ3) is 3.73. The Labute approximate surface area is 94.6 Å². The summed E-state index contributed by atoms with van der Waals surface area (Å²) in [6, 6.07) is 7.39. The van der Waals surface area contributed by atoms with Gasteiger partial charge in [0.2, 0.25) is 5.91 Å². The number of esters is 1. The molecule has 1 rings (SSSR count). The number of hydrogen-bond donors (Lipinski definition) is 1. The van der Waals surface area contributed by atoms with Crippen molar-refractivity contribution in [3.05, 3.63) is 29.8 Å². The number of para-hydroxylation sites is 1. The summed E-state index contributed by atoms with van der Waals surface area (Å²) in [4.78, 5) is 22.5. The highest BCUT2D eigenvalue weighted by molar-refractivity contribution is 6.02. The zero-order valence-electron chi connectivity index (χ0n) is 9.45. The Morgan fingerprint density at radius 2 is 2.00 bits per heavy atom. The number of amides is 1. The fourth-order valence-electron chi connectivity index (χ4n) is 1.25. The van der Waals surface area contributed by atoms with Gasteiger partial charge in [-0.05, 0) is 25.5 Å². The number of rotatable bonds is 4. The van der Waals surface area contributed by atoms with Crippen molar-refractivity contribution in [2.45, 2.75) is 20.3 Å². The van der Waals surface area contributed by atoms with Crippen LogP contribution in [0.1, 0.15) is 18.9 Å². The monoisotopic (exact) mass is 221 g/mol. The quantitative estimate of drug-likeness (QED) is 0.624. The average Bonchev–Trinajstić information content (AvgIpc) is 2.21. The van der Waals surface area contributed by atoms with Crippen molar-refractivity contribution in [1.29, 1.82) is 0 Å². The molecule has 86 valence electrons. The maximum Gasteiger partial charge on any atom is 0.315 e. The summed E-state index contributed by atoms with van der Waals surface area (Å²) in [7, 11) is 0. The molecule has 0 aromatic heterocycles. The van der Waals surface area contributed by atoms with Crippen molar-refractivity contribution in [3.63, 3.8) is 0 Å². The maximum absolute atomic E-state index is 11.4. The summed E-state index contributed by atoms with van der Waals surface area (Å²) in [5, 5.41) is 2.66. The van der Waals surface area contributed by atoms with Crippen LogP contribution in [0, 0.1) is 6.92 Å². The Balaban J connectivity index is 2.52. The van der Waals surface area contributed by atoms with Crippen molar-refractivity contribution in [1.82, 2.24) is 0 Å². The Bertz CT molecular complexity index is 388. The van der Waals surface area contributed by atoms with E-state index in [1.54, 1.807) is 13.0 Å². The molecule has 0 unspecified atom stereocenters. The van der Waals surface area contributed by atoms with E-state index < -0.39 is 5.97 Å². The third-order valence-electron chi connectivity index (χ3n) is 2.03. The van der Waals surface area contributed by atoms with Gasteiger partial charge in [0, 0.05) is 5.69 Å². The molecule has 0 saturated carbocycles. The van der Waals surface area contributed by atoms with Crippen LogP contribution >= 0.6 is 0 Å². The van der Waals surface area contributed by atoms with Gasteiger partial charge in [0.15, 0.2) is 0 Å². The molecule has 0 fully saturated rings. The van der Waals surface area contributed by atoms with E-state index >= 15 is 0 Å². The summed E-state index contributed by atoms with van der Waals surface area (Å²) < 4.78 is 4.68. The number of ether oxygens (including phenoxy) is 1. The van der Waals surface area contributed by atoms with Gasteiger partial charge in [-0.3, -0.25) is 9.59 Å². The minimum atomic E-state index is -0.506. The van der Waals surface area contributed by atoms with Crippen LogP contribution in [0.4, 0.5) is 5.69 Å². The molecule has 0 aliphatic rings. The Kier molecular flexibility index (Phi) is 4.51. The Morgan fingerprint density at radius 3 is 2.62 bits per heavy atom. The number of anilines is 1. The van der Waals surface area contributed by atoms with E-state index in [2.05, 4.69) is 10.1 Å². The molecule has 16 heavy (non-hydrogen) atoms. The highest BCUT2D eigenvalue weighted by Gasteiger charge is 2.10. The molecule has 1 aromatic carbocycles. The molecule has 1 N–H and O–H groups in total. The number of aryl methyl sites for hydroxylation is 1. The predicted molar refractivity (Wildman–Crippen MR) is 61.1 cm³/mol. The molecule has 0 spiro atoms. The summed E-state index contributed by atoms with van der Waals surface area (Å²) in [5.41, 5.74) is 1.68. The van der Waals surface area contributed by atoms with Gasteiger partial charge in [0.1, 0.15) is 6.42 Å². The number of hydrogen-bond acceptors (Lipinski definition) is 3. The molecule has 0 saturated heterocycles. The lowest BCUT2D eigenvalue weighted by molar-refractivity contribution is -0.145. The van der Waals surface area contributed by atoms with Crippen molar-refractivity contribution >= 4 is 17.6 Å². The van der Waals surface area contributed by atoms with Crippen molar-refractivity contribution in [2.75, 3.05) is 11.9 Å². The lowest BCUT2D eigenvalue weighted by atomic mass is 10.2. The lowest BCUT2D eigenvalue weighted by Gasteiger charge is -2.07. The molecule has 0 aliphatic carbocycles. The van der Waals surface area contributed by atoms with Gasteiger partial charge in [-0.2, -0.15) is 0 Å². The fourth-order valence-corrected chi connectivity index (χ4v) is 1.25. The van der Waals surface area contributed by atoms with Gasteiger partial charge in [0.05, 0.1) is 6.61 Å². The molecule has 1 aromatic rings. The summed E-state index contributed by atoms with van der Waals surface area (Å²) in [6.45, 7) is 3.88. The predicted octanol–water partition coefficient (Wildman–Crippen LogP) is 1.89. The highest BCUT2D eigenvalue weighted by atomic mass is 16.5. The van der Waals surface area contributed by atoms with Crippen molar-refractivity contribution in [2.24, 2.45) is 0 Å². The van der Waals surface area contributed by atoms with E-state index in [9.17, 15) is 9.59 Å². The fraction of sp³-hybridized carbons (Fsp3) is 0.333. The zero-order valence-corrected chi connectivity index (χ0v) is 9.45. The first kappa shape index (κ1) is 12.2. The van der Waals surface area contributed by atoms with Crippen molar-refractivity contribution < 1.29 is 14.3 Å². The van der Waals surface area contributed by atoms with Crippen LogP contribution in [-0.2, 0) is 14.3 Å². The maximum atomic E-state index is 11.4. The third-order valence-corrected chi connectivity index (χ3v) is 2.03. The van der Waals surface area contributed by atoms with Gasteiger partial charge in [0.25, 0.3) is 0 Å². The van der Waals surface area contributed by atoms with E-state index in [0.29, 0.717) is 0 Å². The normalized spacial score (nSPS) is 9.62. The molecule has 0 atom stereocenters. The second-order valence-corrected chi connectivity index (χ2v) is 3.34. The van der Waals surface area contributed by atoms with E-state index in [0.717, 1.165) is 11.3 Å². The first-order valence-corrected chi connectivity index (χ1v) is 5.14. The van der Waals surface area contributed by atoms with Crippen LogP contribution in [0.25, 0.3) is 0 Å². The lowest BCUT2D eigenvalue weighted by Crippen LogP contribution is -2.18. The van der Waals surface area contributed by atoms with Gasteiger partial charge in [-0.25, -0.2) is 0 Å². The SMILES string of the molecule is CCOC(=O)CC(=O)Nc1ccccc1C. The van der Waals surface area contributed by atoms with Gasteiger partial charge >= 0.3 is 5.97 Å².